The lowest BCUT2D eigenvalue weighted by Crippen LogP contribution is -2.31. The molecule has 1 aromatic carbocycles. The van der Waals surface area contributed by atoms with Crippen molar-refractivity contribution in [2.24, 2.45) is 0 Å². The number of benzene rings is 1. The van der Waals surface area contributed by atoms with E-state index in [1.807, 2.05) is 19.1 Å². The van der Waals surface area contributed by atoms with E-state index in [1.54, 1.807) is 6.07 Å². The molecular weight excluding hydrogens is 313 g/mol. The molecule has 0 spiro atoms. The fraction of sp³-hybridized carbons (Fsp3) is 0.438. The number of anilines is 2. The topological polar surface area (TPSA) is 56.1 Å². The van der Waals surface area contributed by atoms with E-state index in [0.717, 1.165) is 50.0 Å². The minimum absolute atomic E-state index is 0.130. The molecule has 0 aliphatic carbocycles. The summed E-state index contributed by atoms with van der Waals surface area (Å²) in [7, 11) is 0. The molecule has 7 heteroatoms. The van der Waals surface area contributed by atoms with Crippen LogP contribution in [0.1, 0.15) is 24.7 Å². The lowest BCUT2D eigenvalue weighted by molar-refractivity contribution is 0.622. The molecular formula is C16H18FN5S. The molecule has 2 aromatic rings. The number of nitriles is 1. The standard InChI is InChI=1S/C16H18FN5S/c1-2-15-19-16(23-20-15)22-8-4-7-21(9-10-22)14-6-3-5-13(17)12(14)11-18/h3,5-6H,2,4,7-10H2,1H3. The van der Waals surface area contributed by atoms with Crippen molar-refractivity contribution >= 4 is 22.4 Å². The molecule has 1 aliphatic rings. The first kappa shape index (κ1) is 15.7. The van der Waals surface area contributed by atoms with Crippen LogP contribution >= 0.6 is 11.5 Å². The Balaban J connectivity index is 1.76. The SMILES string of the molecule is CCc1nsc(N2CCCN(c3cccc(F)c3C#N)CC2)n1. The molecule has 5 nitrogen and oxygen atoms in total. The van der Waals surface area contributed by atoms with Gasteiger partial charge in [0.1, 0.15) is 23.3 Å². The Kier molecular flexibility index (Phi) is 4.72. The summed E-state index contributed by atoms with van der Waals surface area (Å²) in [5.41, 5.74) is 0.811. The number of halogens is 1. The van der Waals surface area contributed by atoms with Gasteiger partial charge in [0.25, 0.3) is 0 Å². The number of rotatable bonds is 3. The fourth-order valence-corrected chi connectivity index (χ4v) is 3.55. The van der Waals surface area contributed by atoms with Crippen molar-refractivity contribution in [2.75, 3.05) is 36.0 Å². The molecule has 0 unspecified atom stereocenters. The molecule has 1 saturated heterocycles. The summed E-state index contributed by atoms with van der Waals surface area (Å²) in [6.07, 6.45) is 1.77. The molecule has 1 aliphatic heterocycles. The van der Waals surface area contributed by atoms with Crippen LogP contribution in [-0.4, -0.2) is 35.5 Å². The minimum Gasteiger partial charge on any atom is -0.369 e. The van der Waals surface area contributed by atoms with Crippen molar-refractivity contribution in [1.29, 1.82) is 5.26 Å². The summed E-state index contributed by atoms with van der Waals surface area (Å²) in [6, 6.07) is 6.79. The predicted octanol–water partition coefficient (Wildman–Crippen LogP) is 2.83. The lowest BCUT2D eigenvalue weighted by atomic mass is 10.1. The molecule has 3 rings (SSSR count). The van der Waals surface area contributed by atoms with Gasteiger partial charge in [-0.25, -0.2) is 9.37 Å². The van der Waals surface area contributed by atoms with Crippen LogP contribution in [-0.2, 0) is 6.42 Å². The quantitative estimate of drug-likeness (QED) is 0.865. The molecule has 0 radical (unpaired) electrons. The summed E-state index contributed by atoms with van der Waals surface area (Å²) >= 11 is 1.43. The minimum atomic E-state index is -0.456. The molecule has 1 aromatic heterocycles. The van der Waals surface area contributed by atoms with Gasteiger partial charge < -0.3 is 9.80 Å². The molecule has 0 N–H and O–H groups in total. The first-order chi connectivity index (χ1) is 11.2. The van der Waals surface area contributed by atoms with Crippen molar-refractivity contribution < 1.29 is 4.39 Å². The molecule has 0 saturated carbocycles. The van der Waals surface area contributed by atoms with Crippen LogP contribution in [0, 0.1) is 17.1 Å². The third kappa shape index (κ3) is 3.27. The van der Waals surface area contributed by atoms with Gasteiger partial charge in [0.15, 0.2) is 0 Å². The van der Waals surface area contributed by atoms with E-state index >= 15 is 0 Å². The van der Waals surface area contributed by atoms with Gasteiger partial charge in [-0.15, -0.1) is 0 Å². The summed E-state index contributed by atoms with van der Waals surface area (Å²) in [5.74, 6) is 0.422. The maximum atomic E-state index is 13.8. The smallest absolute Gasteiger partial charge is 0.205 e. The molecule has 1 fully saturated rings. The highest BCUT2D eigenvalue weighted by atomic mass is 32.1. The Morgan fingerprint density at radius 1 is 1.26 bits per heavy atom. The maximum absolute atomic E-state index is 13.8. The van der Waals surface area contributed by atoms with Gasteiger partial charge >= 0.3 is 0 Å². The van der Waals surface area contributed by atoms with E-state index < -0.39 is 5.82 Å². The van der Waals surface area contributed by atoms with Gasteiger partial charge in [0.2, 0.25) is 5.13 Å². The Morgan fingerprint density at radius 2 is 2.04 bits per heavy atom. The zero-order chi connectivity index (χ0) is 16.2. The normalized spacial score (nSPS) is 15.3. The van der Waals surface area contributed by atoms with Gasteiger partial charge in [0, 0.05) is 44.1 Å². The summed E-state index contributed by atoms with van der Waals surface area (Å²) in [5, 5.41) is 10.2. The van der Waals surface area contributed by atoms with Gasteiger partial charge in [-0.05, 0) is 18.6 Å². The summed E-state index contributed by atoms with van der Waals surface area (Å²) in [6.45, 7) is 5.27. The van der Waals surface area contributed by atoms with Crippen molar-refractivity contribution in [3.05, 3.63) is 35.4 Å². The highest BCUT2D eigenvalue weighted by molar-refractivity contribution is 7.09. The highest BCUT2D eigenvalue weighted by Crippen LogP contribution is 2.25. The second-order valence-electron chi connectivity index (χ2n) is 5.42. The molecule has 2 heterocycles. The van der Waals surface area contributed by atoms with Crippen molar-refractivity contribution in [2.45, 2.75) is 19.8 Å². The predicted molar refractivity (Wildman–Crippen MR) is 89.4 cm³/mol. The first-order valence-corrected chi connectivity index (χ1v) is 8.51. The van der Waals surface area contributed by atoms with Gasteiger partial charge in [-0.3, -0.25) is 0 Å². The van der Waals surface area contributed by atoms with Crippen molar-refractivity contribution in [1.82, 2.24) is 9.36 Å². The van der Waals surface area contributed by atoms with Crippen molar-refractivity contribution in [3.63, 3.8) is 0 Å². The van der Waals surface area contributed by atoms with Crippen LogP contribution in [0.2, 0.25) is 0 Å². The van der Waals surface area contributed by atoms with Gasteiger partial charge in [-0.1, -0.05) is 13.0 Å². The van der Waals surface area contributed by atoms with Crippen LogP contribution in [0.3, 0.4) is 0 Å². The van der Waals surface area contributed by atoms with E-state index in [-0.39, 0.29) is 5.56 Å². The first-order valence-electron chi connectivity index (χ1n) is 7.74. The largest absolute Gasteiger partial charge is 0.369 e. The number of aromatic nitrogens is 2. The van der Waals surface area contributed by atoms with Crippen LogP contribution in [0.15, 0.2) is 18.2 Å². The van der Waals surface area contributed by atoms with Crippen LogP contribution in [0.4, 0.5) is 15.2 Å². The Morgan fingerprint density at radius 3 is 2.78 bits per heavy atom. The Hall–Kier alpha value is -2.20. The van der Waals surface area contributed by atoms with E-state index in [1.165, 1.54) is 17.6 Å². The number of nitrogens with zero attached hydrogens (tertiary/aromatic N) is 5. The highest BCUT2D eigenvalue weighted by Gasteiger charge is 2.21. The lowest BCUT2D eigenvalue weighted by Gasteiger charge is -2.24. The average molecular weight is 331 g/mol. The van der Waals surface area contributed by atoms with E-state index in [9.17, 15) is 9.65 Å². The number of aryl methyl sites for hydroxylation is 1. The second kappa shape index (κ2) is 6.92. The molecule has 0 bridgehead atoms. The third-order valence-electron chi connectivity index (χ3n) is 3.98. The van der Waals surface area contributed by atoms with Crippen LogP contribution in [0.5, 0.6) is 0 Å². The van der Waals surface area contributed by atoms with Crippen molar-refractivity contribution in [3.8, 4) is 6.07 Å². The second-order valence-corrected chi connectivity index (χ2v) is 6.15. The number of hydrogen-bond donors (Lipinski definition) is 0. The van der Waals surface area contributed by atoms with Gasteiger partial charge in [-0.2, -0.15) is 9.64 Å². The molecule has 0 atom stereocenters. The monoisotopic (exact) mass is 331 g/mol. The van der Waals surface area contributed by atoms with Gasteiger partial charge in [0.05, 0.1) is 5.69 Å². The van der Waals surface area contributed by atoms with E-state index in [0.29, 0.717) is 5.69 Å². The third-order valence-corrected chi connectivity index (χ3v) is 4.80. The Bertz CT molecular complexity index is 724. The zero-order valence-electron chi connectivity index (χ0n) is 13.0. The summed E-state index contributed by atoms with van der Waals surface area (Å²) < 4.78 is 18.2. The average Bonchev–Trinajstić information content (AvgIpc) is 2.92. The summed E-state index contributed by atoms with van der Waals surface area (Å²) in [4.78, 5) is 8.85. The van der Waals surface area contributed by atoms with Crippen LogP contribution < -0.4 is 9.80 Å². The number of hydrogen-bond acceptors (Lipinski definition) is 6. The fourth-order valence-electron chi connectivity index (χ4n) is 2.75. The van der Waals surface area contributed by atoms with E-state index in [4.69, 9.17) is 0 Å². The molecule has 120 valence electrons. The van der Waals surface area contributed by atoms with Crippen LogP contribution in [0.25, 0.3) is 0 Å². The Labute approximate surface area is 139 Å². The molecule has 0 amide bonds. The maximum Gasteiger partial charge on any atom is 0.205 e. The zero-order valence-corrected chi connectivity index (χ0v) is 13.8. The van der Waals surface area contributed by atoms with E-state index in [2.05, 4.69) is 19.2 Å². The molecule has 23 heavy (non-hydrogen) atoms.